The molecule has 0 rings (SSSR count). The standard InChI is InChI=1S/C15H30N2O3/c1-6-11(5)13(14(18)19)16-15(20)17(9-4)10-12(7-2)8-3/h11-13H,6-10H2,1-5H3,(H,16,20)(H,18,19)/t11-,13-/m0/s1. The van der Waals surface area contributed by atoms with Crippen LogP contribution in [0.25, 0.3) is 0 Å². The summed E-state index contributed by atoms with van der Waals surface area (Å²) in [6.07, 6.45) is 2.76. The van der Waals surface area contributed by atoms with Gasteiger partial charge in [0.25, 0.3) is 0 Å². The van der Waals surface area contributed by atoms with Gasteiger partial charge in [-0.15, -0.1) is 0 Å². The Morgan fingerprint density at radius 1 is 1.10 bits per heavy atom. The second kappa shape index (κ2) is 9.61. The van der Waals surface area contributed by atoms with Gasteiger partial charge < -0.3 is 15.3 Å². The summed E-state index contributed by atoms with van der Waals surface area (Å²) in [7, 11) is 0. The van der Waals surface area contributed by atoms with Gasteiger partial charge in [-0.25, -0.2) is 9.59 Å². The van der Waals surface area contributed by atoms with Crippen LogP contribution in [-0.4, -0.2) is 41.1 Å². The van der Waals surface area contributed by atoms with Gasteiger partial charge in [0.2, 0.25) is 0 Å². The molecule has 0 radical (unpaired) electrons. The van der Waals surface area contributed by atoms with Gasteiger partial charge in [-0.2, -0.15) is 0 Å². The second-order valence-electron chi connectivity index (χ2n) is 5.37. The zero-order valence-corrected chi connectivity index (χ0v) is 13.5. The highest BCUT2D eigenvalue weighted by Crippen LogP contribution is 2.12. The second-order valence-corrected chi connectivity index (χ2v) is 5.37. The Bertz CT molecular complexity index is 303. The maximum absolute atomic E-state index is 12.2. The summed E-state index contributed by atoms with van der Waals surface area (Å²) in [6, 6.07) is -1.09. The number of rotatable bonds is 9. The van der Waals surface area contributed by atoms with E-state index in [1.165, 1.54) is 0 Å². The largest absolute Gasteiger partial charge is 0.480 e. The first-order valence-corrected chi connectivity index (χ1v) is 7.69. The summed E-state index contributed by atoms with van der Waals surface area (Å²) in [4.78, 5) is 25.2. The minimum atomic E-state index is -0.966. The summed E-state index contributed by atoms with van der Waals surface area (Å²) in [5.41, 5.74) is 0. The molecule has 0 fully saturated rings. The summed E-state index contributed by atoms with van der Waals surface area (Å²) >= 11 is 0. The van der Waals surface area contributed by atoms with Gasteiger partial charge in [0.15, 0.2) is 0 Å². The third-order valence-corrected chi connectivity index (χ3v) is 4.06. The normalized spacial score (nSPS) is 13.9. The number of aliphatic carboxylic acids is 1. The number of nitrogens with zero attached hydrogens (tertiary/aromatic N) is 1. The predicted molar refractivity (Wildman–Crippen MR) is 80.7 cm³/mol. The van der Waals surface area contributed by atoms with E-state index < -0.39 is 12.0 Å². The topological polar surface area (TPSA) is 69.6 Å². The van der Waals surface area contributed by atoms with E-state index in [2.05, 4.69) is 19.2 Å². The Balaban J connectivity index is 4.70. The Hall–Kier alpha value is -1.26. The highest BCUT2D eigenvalue weighted by atomic mass is 16.4. The van der Waals surface area contributed by atoms with Crippen LogP contribution in [0.15, 0.2) is 0 Å². The van der Waals surface area contributed by atoms with E-state index in [1.807, 2.05) is 20.8 Å². The monoisotopic (exact) mass is 286 g/mol. The lowest BCUT2D eigenvalue weighted by Gasteiger charge is -2.28. The zero-order valence-electron chi connectivity index (χ0n) is 13.5. The fraction of sp³-hybridized carbons (Fsp3) is 0.867. The van der Waals surface area contributed by atoms with Gasteiger partial charge in [-0.3, -0.25) is 0 Å². The zero-order chi connectivity index (χ0) is 15.7. The lowest BCUT2D eigenvalue weighted by molar-refractivity contribution is -0.140. The molecule has 118 valence electrons. The Morgan fingerprint density at radius 2 is 1.65 bits per heavy atom. The average Bonchev–Trinajstić information content (AvgIpc) is 2.44. The molecule has 0 aliphatic carbocycles. The van der Waals surface area contributed by atoms with Crippen molar-refractivity contribution >= 4 is 12.0 Å². The van der Waals surface area contributed by atoms with Crippen LogP contribution < -0.4 is 5.32 Å². The quantitative estimate of drug-likeness (QED) is 0.684. The van der Waals surface area contributed by atoms with Crippen LogP contribution in [0.5, 0.6) is 0 Å². The number of carbonyl (C=O) groups excluding carboxylic acids is 1. The van der Waals surface area contributed by atoms with Crippen molar-refractivity contribution in [2.24, 2.45) is 11.8 Å². The Labute approximate surface area is 122 Å². The molecule has 0 aromatic carbocycles. The molecule has 0 saturated carbocycles. The number of carboxylic acid groups (broad SMARTS) is 1. The van der Waals surface area contributed by atoms with Crippen LogP contribution in [-0.2, 0) is 4.79 Å². The van der Waals surface area contributed by atoms with Crippen LogP contribution in [0.1, 0.15) is 53.9 Å². The first-order chi connectivity index (χ1) is 9.40. The van der Waals surface area contributed by atoms with Crippen LogP contribution in [0.2, 0.25) is 0 Å². The van der Waals surface area contributed by atoms with E-state index in [0.717, 1.165) is 19.3 Å². The van der Waals surface area contributed by atoms with Crippen molar-refractivity contribution in [2.75, 3.05) is 13.1 Å². The van der Waals surface area contributed by atoms with E-state index in [-0.39, 0.29) is 11.9 Å². The van der Waals surface area contributed by atoms with Crippen molar-refractivity contribution in [1.82, 2.24) is 10.2 Å². The lowest BCUT2D eigenvalue weighted by Crippen LogP contribution is -2.51. The van der Waals surface area contributed by atoms with E-state index in [0.29, 0.717) is 19.0 Å². The van der Waals surface area contributed by atoms with Crippen LogP contribution in [0, 0.1) is 11.8 Å². The van der Waals surface area contributed by atoms with Gasteiger partial charge in [0, 0.05) is 13.1 Å². The fourth-order valence-corrected chi connectivity index (χ4v) is 2.12. The van der Waals surface area contributed by atoms with Crippen molar-refractivity contribution in [3.8, 4) is 0 Å². The molecule has 0 aromatic heterocycles. The number of carbonyl (C=O) groups is 2. The van der Waals surface area contributed by atoms with Crippen LogP contribution in [0.3, 0.4) is 0 Å². The third-order valence-electron chi connectivity index (χ3n) is 4.06. The first-order valence-electron chi connectivity index (χ1n) is 7.69. The number of amides is 2. The van der Waals surface area contributed by atoms with Crippen molar-refractivity contribution in [3.63, 3.8) is 0 Å². The average molecular weight is 286 g/mol. The molecule has 2 atom stereocenters. The minimum Gasteiger partial charge on any atom is -0.480 e. The number of hydrogen-bond acceptors (Lipinski definition) is 2. The summed E-state index contributed by atoms with van der Waals surface area (Å²) in [6.45, 7) is 11.2. The summed E-state index contributed by atoms with van der Waals surface area (Å²) < 4.78 is 0. The molecule has 0 saturated heterocycles. The van der Waals surface area contributed by atoms with E-state index in [9.17, 15) is 14.7 Å². The summed E-state index contributed by atoms with van der Waals surface area (Å²) in [5, 5.41) is 11.9. The molecule has 0 aliphatic heterocycles. The number of hydrogen-bond donors (Lipinski definition) is 2. The van der Waals surface area contributed by atoms with E-state index in [1.54, 1.807) is 4.90 Å². The molecule has 0 spiro atoms. The van der Waals surface area contributed by atoms with Crippen LogP contribution >= 0.6 is 0 Å². The molecule has 5 nitrogen and oxygen atoms in total. The van der Waals surface area contributed by atoms with Gasteiger partial charge in [-0.05, 0) is 18.8 Å². The maximum Gasteiger partial charge on any atom is 0.326 e. The molecule has 20 heavy (non-hydrogen) atoms. The predicted octanol–water partition coefficient (Wildman–Crippen LogP) is 2.95. The molecule has 2 amide bonds. The molecule has 0 bridgehead atoms. The van der Waals surface area contributed by atoms with E-state index >= 15 is 0 Å². The van der Waals surface area contributed by atoms with E-state index in [4.69, 9.17) is 0 Å². The molecule has 2 N–H and O–H groups in total. The molecular weight excluding hydrogens is 256 g/mol. The molecule has 0 aliphatic rings. The van der Waals surface area contributed by atoms with Crippen molar-refractivity contribution in [1.29, 1.82) is 0 Å². The van der Waals surface area contributed by atoms with Gasteiger partial charge in [0.1, 0.15) is 6.04 Å². The molecule has 5 heteroatoms. The SMILES string of the molecule is CCC(CC)CN(CC)C(=O)N[C@H](C(=O)O)[C@@H](C)CC. The lowest BCUT2D eigenvalue weighted by atomic mass is 9.99. The van der Waals surface area contributed by atoms with Crippen molar-refractivity contribution < 1.29 is 14.7 Å². The Kier molecular flexibility index (Phi) is 9.01. The van der Waals surface area contributed by atoms with Crippen molar-refractivity contribution in [2.45, 2.75) is 59.9 Å². The van der Waals surface area contributed by atoms with Crippen molar-refractivity contribution in [3.05, 3.63) is 0 Å². The third kappa shape index (κ3) is 5.80. The smallest absolute Gasteiger partial charge is 0.326 e. The molecular formula is C15H30N2O3. The molecule has 0 heterocycles. The highest BCUT2D eigenvalue weighted by molar-refractivity contribution is 5.82. The Morgan fingerprint density at radius 3 is 2.00 bits per heavy atom. The fourth-order valence-electron chi connectivity index (χ4n) is 2.12. The minimum absolute atomic E-state index is 0.0803. The highest BCUT2D eigenvalue weighted by Gasteiger charge is 2.27. The molecule has 0 aromatic rings. The maximum atomic E-state index is 12.2. The molecule has 0 unspecified atom stereocenters. The summed E-state index contributed by atoms with van der Waals surface area (Å²) in [5.74, 6) is -0.581. The number of carboxylic acids is 1. The number of urea groups is 1. The van der Waals surface area contributed by atoms with Gasteiger partial charge in [0.05, 0.1) is 0 Å². The van der Waals surface area contributed by atoms with Crippen LogP contribution in [0.4, 0.5) is 4.79 Å². The first kappa shape index (κ1) is 18.7. The number of nitrogens with one attached hydrogen (secondary N) is 1. The van der Waals surface area contributed by atoms with Gasteiger partial charge >= 0.3 is 12.0 Å². The van der Waals surface area contributed by atoms with Gasteiger partial charge in [-0.1, -0.05) is 47.0 Å².